The van der Waals surface area contributed by atoms with Crippen molar-refractivity contribution in [3.8, 4) is 11.5 Å². The molecule has 1 fully saturated rings. The zero-order valence-electron chi connectivity index (χ0n) is 18.8. The molecule has 1 aliphatic rings. The molecule has 1 heterocycles. The second kappa shape index (κ2) is 10.2. The molecule has 0 aromatic heterocycles. The van der Waals surface area contributed by atoms with Gasteiger partial charge in [-0.15, -0.1) is 0 Å². The number of ether oxygens (including phenoxy) is 2. The minimum atomic E-state index is -0.765. The number of halogens is 2. The monoisotopic (exact) mass is 510 g/mol. The van der Waals surface area contributed by atoms with Gasteiger partial charge in [-0.2, -0.15) is 0 Å². The van der Waals surface area contributed by atoms with Gasteiger partial charge in [-0.05, 0) is 60.6 Å². The second-order valence-electron chi connectivity index (χ2n) is 7.72. The van der Waals surface area contributed by atoms with Crippen molar-refractivity contribution >= 4 is 52.5 Å². The van der Waals surface area contributed by atoms with Gasteiger partial charge in [0.05, 0.1) is 17.8 Å². The van der Waals surface area contributed by atoms with E-state index in [2.05, 4.69) is 5.32 Å². The topological polar surface area (TPSA) is 67.9 Å². The average Bonchev–Trinajstić information content (AvgIpc) is 2.82. The van der Waals surface area contributed by atoms with Gasteiger partial charge >= 0.3 is 0 Å². The maximum atomic E-state index is 14.4. The molecule has 178 valence electrons. The van der Waals surface area contributed by atoms with E-state index in [9.17, 15) is 14.0 Å². The zero-order chi connectivity index (χ0) is 25.1. The Morgan fingerprint density at radius 3 is 2.60 bits per heavy atom. The summed E-state index contributed by atoms with van der Waals surface area (Å²) in [7, 11) is 1.46. The quantitative estimate of drug-likeness (QED) is 0.280. The molecule has 0 spiro atoms. The number of amides is 2. The number of nitrogens with one attached hydrogen (secondary N) is 1. The number of thiocarbonyl (C=S) groups is 1. The highest BCUT2D eigenvalue weighted by Crippen LogP contribution is 2.38. The summed E-state index contributed by atoms with van der Waals surface area (Å²) in [5.41, 5.74) is 2.17. The largest absolute Gasteiger partial charge is 0.493 e. The number of nitrogens with zero attached hydrogens (tertiary/aromatic N) is 1. The van der Waals surface area contributed by atoms with Crippen LogP contribution in [-0.2, 0) is 16.2 Å². The van der Waals surface area contributed by atoms with Crippen molar-refractivity contribution in [1.82, 2.24) is 5.32 Å². The third kappa shape index (κ3) is 5.18. The van der Waals surface area contributed by atoms with Gasteiger partial charge in [-0.1, -0.05) is 53.6 Å². The normalized spacial score (nSPS) is 14.8. The molecule has 1 aliphatic heterocycles. The van der Waals surface area contributed by atoms with Crippen LogP contribution in [-0.4, -0.2) is 24.0 Å². The fourth-order valence-electron chi connectivity index (χ4n) is 3.60. The summed E-state index contributed by atoms with van der Waals surface area (Å²) in [5, 5.41) is 2.45. The van der Waals surface area contributed by atoms with Crippen molar-refractivity contribution in [3.63, 3.8) is 0 Å². The predicted molar refractivity (Wildman–Crippen MR) is 136 cm³/mol. The fraction of sp³-hybridized carbons (Fsp3) is 0.115. The molecule has 0 saturated carbocycles. The first-order chi connectivity index (χ1) is 16.8. The number of anilines is 1. The van der Waals surface area contributed by atoms with E-state index >= 15 is 0 Å². The SMILES string of the molecule is COc1cc(/C=C2\C(=O)NC(=S)N(c3ccccc3F)C2=O)cc(Cl)c1OCc1cccc(C)c1. The minimum Gasteiger partial charge on any atom is -0.493 e. The molecular formula is C26H20ClFN2O4S. The van der Waals surface area contributed by atoms with E-state index < -0.39 is 17.6 Å². The van der Waals surface area contributed by atoms with Crippen LogP contribution in [0.5, 0.6) is 11.5 Å². The maximum Gasteiger partial charge on any atom is 0.270 e. The van der Waals surface area contributed by atoms with Crippen molar-refractivity contribution in [2.45, 2.75) is 13.5 Å². The summed E-state index contributed by atoms with van der Waals surface area (Å²) in [4.78, 5) is 26.7. The van der Waals surface area contributed by atoms with Crippen molar-refractivity contribution in [1.29, 1.82) is 0 Å². The van der Waals surface area contributed by atoms with E-state index in [1.165, 1.54) is 31.4 Å². The van der Waals surface area contributed by atoms with E-state index in [1.807, 2.05) is 31.2 Å². The van der Waals surface area contributed by atoms with E-state index in [0.717, 1.165) is 16.0 Å². The van der Waals surface area contributed by atoms with Crippen molar-refractivity contribution in [3.05, 3.63) is 93.8 Å². The Hall–Kier alpha value is -3.75. The van der Waals surface area contributed by atoms with E-state index in [1.54, 1.807) is 18.2 Å². The first kappa shape index (κ1) is 24.4. The molecule has 9 heteroatoms. The van der Waals surface area contributed by atoms with E-state index in [0.29, 0.717) is 17.1 Å². The highest BCUT2D eigenvalue weighted by molar-refractivity contribution is 7.80. The number of rotatable bonds is 6. The Morgan fingerprint density at radius 2 is 1.89 bits per heavy atom. The standard InChI is InChI=1S/C26H20ClFN2O4S/c1-15-6-5-7-16(10-15)14-34-23-19(27)12-17(13-22(23)33-2)11-18-24(31)29-26(35)30(25(18)32)21-9-4-3-8-20(21)28/h3-13H,14H2,1-2H3,(H,29,31,35)/b18-11+. The molecular weight excluding hydrogens is 491 g/mol. The summed E-state index contributed by atoms with van der Waals surface area (Å²) in [6.45, 7) is 2.26. The number of carbonyl (C=O) groups is 2. The summed E-state index contributed by atoms with van der Waals surface area (Å²) in [6, 6.07) is 16.6. The van der Waals surface area contributed by atoms with Crippen LogP contribution >= 0.6 is 23.8 Å². The van der Waals surface area contributed by atoms with Crippen LogP contribution in [0.25, 0.3) is 6.08 Å². The number of para-hydroxylation sites is 1. The van der Waals surface area contributed by atoms with Crippen LogP contribution < -0.4 is 19.7 Å². The molecule has 3 aromatic carbocycles. The summed E-state index contributed by atoms with van der Waals surface area (Å²) in [5.74, 6) is -1.48. The second-order valence-corrected chi connectivity index (χ2v) is 8.52. The number of hydrogen-bond donors (Lipinski definition) is 1. The van der Waals surface area contributed by atoms with Crippen LogP contribution in [0.15, 0.2) is 66.2 Å². The van der Waals surface area contributed by atoms with Gasteiger partial charge < -0.3 is 9.47 Å². The minimum absolute atomic E-state index is 0.0658. The molecule has 6 nitrogen and oxygen atoms in total. The van der Waals surface area contributed by atoms with Gasteiger partial charge in [0.2, 0.25) is 0 Å². The van der Waals surface area contributed by atoms with Gasteiger partial charge in [0.25, 0.3) is 11.8 Å². The molecule has 0 aliphatic carbocycles. The highest BCUT2D eigenvalue weighted by atomic mass is 35.5. The van der Waals surface area contributed by atoms with Crippen LogP contribution in [0.1, 0.15) is 16.7 Å². The molecule has 1 N–H and O–H groups in total. The maximum absolute atomic E-state index is 14.4. The predicted octanol–water partition coefficient (Wildman–Crippen LogP) is 5.21. The average molecular weight is 511 g/mol. The molecule has 4 rings (SSSR count). The fourth-order valence-corrected chi connectivity index (χ4v) is 4.14. The van der Waals surface area contributed by atoms with Gasteiger partial charge in [0.1, 0.15) is 18.0 Å². The van der Waals surface area contributed by atoms with Crippen LogP contribution in [0, 0.1) is 12.7 Å². The van der Waals surface area contributed by atoms with Crippen molar-refractivity contribution in [2.75, 3.05) is 12.0 Å². The van der Waals surface area contributed by atoms with Crippen LogP contribution in [0.4, 0.5) is 10.1 Å². The summed E-state index contributed by atoms with van der Waals surface area (Å²) in [6.07, 6.45) is 1.34. The number of hydrogen-bond acceptors (Lipinski definition) is 5. The first-order valence-electron chi connectivity index (χ1n) is 10.5. The van der Waals surface area contributed by atoms with Gasteiger partial charge in [-0.3, -0.25) is 14.9 Å². The Labute approximate surface area is 211 Å². The lowest BCUT2D eigenvalue weighted by Crippen LogP contribution is -2.54. The lowest BCUT2D eigenvalue weighted by molar-refractivity contribution is -0.122. The summed E-state index contributed by atoms with van der Waals surface area (Å²) >= 11 is 11.6. The van der Waals surface area contributed by atoms with Crippen LogP contribution in [0.3, 0.4) is 0 Å². The Balaban J connectivity index is 1.65. The van der Waals surface area contributed by atoms with E-state index in [4.69, 9.17) is 33.3 Å². The smallest absolute Gasteiger partial charge is 0.270 e. The van der Waals surface area contributed by atoms with Gasteiger partial charge in [0.15, 0.2) is 16.6 Å². The third-order valence-corrected chi connectivity index (χ3v) is 5.79. The highest BCUT2D eigenvalue weighted by Gasteiger charge is 2.35. The third-order valence-electron chi connectivity index (χ3n) is 5.22. The molecule has 0 radical (unpaired) electrons. The molecule has 35 heavy (non-hydrogen) atoms. The van der Waals surface area contributed by atoms with Gasteiger partial charge in [0, 0.05) is 0 Å². The van der Waals surface area contributed by atoms with Gasteiger partial charge in [-0.25, -0.2) is 9.29 Å². The zero-order valence-corrected chi connectivity index (χ0v) is 20.4. The molecule has 0 bridgehead atoms. The lowest BCUT2D eigenvalue weighted by Gasteiger charge is -2.29. The Kier molecular flexibility index (Phi) is 7.14. The number of benzene rings is 3. The molecule has 2 amide bonds. The first-order valence-corrected chi connectivity index (χ1v) is 11.3. The van der Waals surface area contributed by atoms with Crippen molar-refractivity contribution in [2.24, 2.45) is 0 Å². The Bertz CT molecular complexity index is 1380. The number of aryl methyl sites for hydroxylation is 1. The van der Waals surface area contributed by atoms with Crippen molar-refractivity contribution < 1.29 is 23.5 Å². The van der Waals surface area contributed by atoms with Crippen LogP contribution in [0.2, 0.25) is 5.02 Å². The molecule has 3 aromatic rings. The lowest BCUT2D eigenvalue weighted by atomic mass is 10.1. The Morgan fingerprint density at radius 1 is 1.11 bits per heavy atom. The summed E-state index contributed by atoms with van der Waals surface area (Å²) < 4.78 is 25.7. The molecule has 0 unspecified atom stereocenters. The number of methoxy groups -OCH3 is 1. The molecule has 0 atom stereocenters. The molecule has 1 saturated heterocycles. The number of carbonyl (C=O) groups excluding carboxylic acids is 2. The van der Waals surface area contributed by atoms with E-state index in [-0.39, 0.29) is 28.0 Å².